The molecule has 1 aliphatic heterocycles. The monoisotopic (exact) mass is 291 g/mol. The molecule has 1 aliphatic rings. The first-order chi connectivity index (χ1) is 9.95. The van der Waals surface area contributed by atoms with E-state index >= 15 is 0 Å². The van der Waals surface area contributed by atoms with Crippen LogP contribution in [0.5, 0.6) is 0 Å². The van der Waals surface area contributed by atoms with Crippen molar-refractivity contribution in [2.45, 2.75) is 13.3 Å². The van der Waals surface area contributed by atoms with Crippen LogP contribution < -0.4 is 10.6 Å². The maximum Gasteiger partial charge on any atom is 0.335 e. The maximum atomic E-state index is 11.9. The normalized spacial score (nSPS) is 18.5. The molecule has 1 heterocycles. The lowest BCUT2D eigenvalue weighted by Crippen LogP contribution is -2.34. The number of aromatic carboxylic acids is 1. The van der Waals surface area contributed by atoms with Gasteiger partial charge in [0.25, 0.3) is 0 Å². The zero-order valence-electron chi connectivity index (χ0n) is 12.3. The molecule has 6 nitrogen and oxygen atoms in total. The van der Waals surface area contributed by atoms with Crippen LogP contribution in [0.1, 0.15) is 22.3 Å². The minimum Gasteiger partial charge on any atom is -0.478 e. The summed E-state index contributed by atoms with van der Waals surface area (Å²) >= 11 is 0. The fraction of sp³-hybridized carbons (Fsp3) is 0.467. The molecule has 0 aromatic heterocycles. The molecule has 2 amide bonds. The van der Waals surface area contributed by atoms with E-state index in [2.05, 4.69) is 22.6 Å². The maximum absolute atomic E-state index is 11.9. The summed E-state index contributed by atoms with van der Waals surface area (Å²) in [6, 6.07) is 4.39. The number of nitrogens with zero attached hydrogens (tertiary/aromatic N) is 1. The number of carbonyl (C=O) groups excluding carboxylic acids is 1. The second-order valence-corrected chi connectivity index (χ2v) is 5.59. The molecule has 3 N–H and O–H groups in total. The number of anilines is 1. The quantitative estimate of drug-likeness (QED) is 0.789. The number of aryl methyl sites for hydroxylation is 1. The Kier molecular flexibility index (Phi) is 4.80. The summed E-state index contributed by atoms with van der Waals surface area (Å²) in [6.07, 6.45) is 1.10. The molecule has 21 heavy (non-hydrogen) atoms. The summed E-state index contributed by atoms with van der Waals surface area (Å²) in [5, 5.41) is 14.5. The number of carboxylic acids is 1. The van der Waals surface area contributed by atoms with E-state index in [1.807, 2.05) is 0 Å². The van der Waals surface area contributed by atoms with Gasteiger partial charge in [0, 0.05) is 18.8 Å². The van der Waals surface area contributed by atoms with Crippen LogP contribution in [0.4, 0.5) is 10.5 Å². The molecule has 1 aromatic rings. The number of hydrogen-bond acceptors (Lipinski definition) is 3. The highest BCUT2D eigenvalue weighted by molar-refractivity contribution is 5.92. The van der Waals surface area contributed by atoms with Gasteiger partial charge in [0.1, 0.15) is 0 Å². The van der Waals surface area contributed by atoms with Crippen molar-refractivity contribution in [2.24, 2.45) is 5.92 Å². The zero-order chi connectivity index (χ0) is 15.4. The fourth-order valence-electron chi connectivity index (χ4n) is 2.53. The molecule has 0 radical (unpaired) electrons. The third-order valence-electron chi connectivity index (χ3n) is 3.76. The van der Waals surface area contributed by atoms with Gasteiger partial charge in [0.05, 0.1) is 5.56 Å². The van der Waals surface area contributed by atoms with Gasteiger partial charge in [-0.1, -0.05) is 0 Å². The van der Waals surface area contributed by atoms with Crippen molar-refractivity contribution in [3.63, 3.8) is 0 Å². The van der Waals surface area contributed by atoms with Crippen molar-refractivity contribution < 1.29 is 14.7 Å². The van der Waals surface area contributed by atoms with Crippen LogP contribution in [0.25, 0.3) is 0 Å². The number of benzene rings is 1. The van der Waals surface area contributed by atoms with Crippen LogP contribution in [0.3, 0.4) is 0 Å². The number of carbonyl (C=O) groups is 2. The van der Waals surface area contributed by atoms with Crippen molar-refractivity contribution in [3.05, 3.63) is 29.3 Å². The summed E-state index contributed by atoms with van der Waals surface area (Å²) in [5.41, 5.74) is 1.57. The van der Waals surface area contributed by atoms with Crippen LogP contribution in [-0.2, 0) is 0 Å². The molecule has 114 valence electrons. The van der Waals surface area contributed by atoms with Crippen LogP contribution >= 0.6 is 0 Å². The molecular formula is C15H21N3O3. The van der Waals surface area contributed by atoms with E-state index in [9.17, 15) is 9.59 Å². The SMILES string of the molecule is Cc1cc(C(=O)O)ccc1NC(=O)NCC1CCN(C)C1. The highest BCUT2D eigenvalue weighted by atomic mass is 16.4. The molecule has 2 rings (SSSR count). The average Bonchev–Trinajstić information content (AvgIpc) is 2.84. The minimum atomic E-state index is -0.973. The van der Waals surface area contributed by atoms with E-state index in [1.54, 1.807) is 19.1 Å². The van der Waals surface area contributed by atoms with Crippen LogP contribution in [0, 0.1) is 12.8 Å². The highest BCUT2D eigenvalue weighted by Crippen LogP contribution is 2.17. The smallest absolute Gasteiger partial charge is 0.335 e. The predicted molar refractivity (Wildman–Crippen MR) is 80.8 cm³/mol. The molecule has 1 fully saturated rings. The van der Waals surface area contributed by atoms with Crippen molar-refractivity contribution in [1.82, 2.24) is 10.2 Å². The Morgan fingerprint density at radius 1 is 1.43 bits per heavy atom. The van der Waals surface area contributed by atoms with Crippen molar-refractivity contribution in [3.8, 4) is 0 Å². The van der Waals surface area contributed by atoms with Gasteiger partial charge in [-0.15, -0.1) is 0 Å². The van der Waals surface area contributed by atoms with E-state index in [0.717, 1.165) is 25.1 Å². The van der Waals surface area contributed by atoms with Gasteiger partial charge in [-0.3, -0.25) is 0 Å². The lowest BCUT2D eigenvalue weighted by atomic mass is 10.1. The molecule has 0 aliphatic carbocycles. The second kappa shape index (κ2) is 6.58. The molecule has 6 heteroatoms. The molecular weight excluding hydrogens is 270 g/mol. The average molecular weight is 291 g/mol. The van der Waals surface area contributed by atoms with Crippen LogP contribution in [-0.4, -0.2) is 48.7 Å². The molecule has 1 atom stereocenters. The van der Waals surface area contributed by atoms with Crippen LogP contribution in [0.2, 0.25) is 0 Å². The van der Waals surface area contributed by atoms with Gasteiger partial charge >= 0.3 is 12.0 Å². The van der Waals surface area contributed by atoms with Crippen LogP contribution in [0.15, 0.2) is 18.2 Å². The number of hydrogen-bond donors (Lipinski definition) is 3. The second-order valence-electron chi connectivity index (χ2n) is 5.59. The molecule has 1 aromatic carbocycles. The van der Waals surface area contributed by atoms with Gasteiger partial charge < -0.3 is 20.6 Å². The Morgan fingerprint density at radius 2 is 2.19 bits per heavy atom. The first-order valence-corrected chi connectivity index (χ1v) is 7.03. The Labute approximate surface area is 124 Å². The fourth-order valence-corrected chi connectivity index (χ4v) is 2.53. The van der Waals surface area contributed by atoms with E-state index in [4.69, 9.17) is 5.11 Å². The lowest BCUT2D eigenvalue weighted by Gasteiger charge is -2.13. The number of likely N-dealkylation sites (tertiary alicyclic amines) is 1. The van der Waals surface area contributed by atoms with Gasteiger partial charge in [-0.25, -0.2) is 9.59 Å². The molecule has 0 bridgehead atoms. The third kappa shape index (κ3) is 4.19. The summed E-state index contributed by atoms with van der Waals surface area (Å²) in [4.78, 5) is 25.0. The molecule has 0 saturated carbocycles. The standard InChI is InChI=1S/C15H21N3O3/c1-10-7-12(14(19)20)3-4-13(10)17-15(21)16-8-11-5-6-18(2)9-11/h3-4,7,11H,5-6,8-9H2,1-2H3,(H,19,20)(H2,16,17,21). The summed E-state index contributed by atoms with van der Waals surface area (Å²) in [7, 11) is 2.08. The Hall–Kier alpha value is -2.08. The number of urea groups is 1. The van der Waals surface area contributed by atoms with Crippen molar-refractivity contribution in [1.29, 1.82) is 0 Å². The lowest BCUT2D eigenvalue weighted by molar-refractivity contribution is 0.0697. The first-order valence-electron chi connectivity index (χ1n) is 7.03. The van der Waals surface area contributed by atoms with Gasteiger partial charge in [0.2, 0.25) is 0 Å². The number of carboxylic acid groups (broad SMARTS) is 1. The Balaban J connectivity index is 1.86. The predicted octanol–water partition coefficient (Wildman–Crippen LogP) is 1.77. The molecule has 1 saturated heterocycles. The summed E-state index contributed by atoms with van der Waals surface area (Å²) in [5.74, 6) is -0.476. The van der Waals surface area contributed by atoms with Crippen molar-refractivity contribution in [2.75, 3.05) is 32.0 Å². The van der Waals surface area contributed by atoms with E-state index in [-0.39, 0.29) is 11.6 Å². The topological polar surface area (TPSA) is 81.7 Å². The van der Waals surface area contributed by atoms with E-state index < -0.39 is 5.97 Å². The first kappa shape index (κ1) is 15.3. The van der Waals surface area contributed by atoms with Gasteiger partial charge in [-0.2, -0.15) is 0 Å². The number of amides is 2. The van der Waals surface area contributed by atoms with E-state index in [1.165, 1.54) is 6.07 Å². The highest BCUT2D eigenvalue weighted by Gasteiger charge is 2.19. The number of nitrogens with one attached hydrogen (secondary N) is 2. The van der Waals surface area contributed by atoms with Gasteiger partial charge in [-0.05, 0) is 56.6 Å². The third-order valence-corrected chi connectivity index (χ3v) is 3.76. The molecule has 1 unspecified atom stereocenters. The summed E-state index contributed by atoms with van der Waals surface area (Å²) < 4.78 is 0. The van der Waals surface area contributed by atoms with Gasteiger partial charge in [0.15, 0.2) is 0 Å². The Morgan fingerprint density at radius 3 is 2.76 bits per heavy atom. The van der Waals surface area contributed by atoms with Crippen molar-refractivity contribution >= 4 is 17.7 Å². The van der Waals surface area contributed by atoms with E-state index in [0.29, 0.717) is 18.2 Å². The number of rotatable bonds is 4. The zero-order valence-corrected chi connectivity index (χ0v) is 12.3. The summed E-state index contributed by atoms with van der Waals surface area (Å²) in [6.45, 7) is 4.51. The largest absolute Gasteiger partial charge is 0.478 e. The minimum absolute atomic E-state index is 0.215. The molecule has 0 spiro atoms. The Bertz CT molecular complexity index is 545.